The molecular weight excluding hydrogens is 342 g/mol. The highest BCUT2D eigenvalue weighted by atomic mass is 16.2. The SMILES string of the molecule is CN(Cc1ccccc1NC(=O)NCCc1nc(N)n[nH]1)C1CCCCC1. The number of rotatable bonds is 7. The Hall–Kier alpha value is -2.61. The number of nitrogens with zero attached hydrogens (tertiary/aromatic N) is 3. The molecule has 146 valence electrons. The van der Waals surface area contributed by atoms with Gasteiger partial charge >= 0.3 is 6.03 Å². The van der Waals surface area contributed by atoms with Crippen molar-refractivity contribution in [2.75, 3.05) is 24.6 Å². The van der Waals surface area contributed by atoms with Gasteiger partial charge in [-0.2, -0.15) is 4.98 Å². The molecule has 27 heavy (non-hydrogen) atoms. The lowest BCUT2D eigenvalue weighted by Crippen LogP contribution is -2.34. The number of amides is 2. The first-order valence-electron chi connectivity index (χ1n) is 9.61. The number of benzene rings is 1. The number of nitrogens with one attached hydrogen (secondary N) is 3. The zero-order chi connectivity index (χ0) is 19.1. The van der Waals surface area contributed by atoms with E-state index in [1.165, 1.54) is 32.1 Å². The van der Waals surface area contributed by atoms with Crippen LogP contribution in [0.25, 0.3) is 0 Å². The Balaban J connectivity index is 1.51. The van der Waals surface area contributed by atoms with Crippen LogP contribution in [-0.2, 0) is 13.0 Å². The van der Waals surface area contributed by atoms with Crippen molar-refractivity contribution < 1.29 is 4.79 Å². The molecule has 8 nitrogen and oxygen atoms in total. The van der Waals surface area contributed by atoms with E-state index < -0.39 is 0 Å². The Morgan fingerprint density at radius 2 is 2.07 bits per heavy atom. The van der Waals surface area contributed by atoms with Crippen LogP contribution in [0.5, 0.6) is 0 Å². The van der Waals surface area contributed by atoms with Crippen molar-refractivity contribution in [3.63, 3.8) is 0 Å². The van der Waals surface area contributed by atoms with E-state index in [-0.39, 0.29) is 12.0 Å². The zero-order valence-electron chi connectivity index (χ0n) is 15.9. The third kappa shape index (κ3) is 5.68. The maximum atomic E-state index is 12.2. The molecule has 0 aliphatic heterocycles. The van der Waals surface area contributed by atoms with Gasteiger partial charge in [0.25, 0.3) is 0 Å². The summed E-state index contributed by atoms with van der Waals surface area (Å²) in [5, 5.41) is 12.3. The van der Waals surface area contributed by atoms with Crippen LogP contribution in [0.2, 0.25) is 0 Å². The number of nitrogens with two attached hydrogens (primary N) is 1. The van der Waals surface area contributed by atoms with Gasteiger partial charge in [-0.3, -0.25) is 10.00 Å². The monoisotopic (exact) mass is 371 g/mol. The van der Waals surface area contributed by atoms with Crippen molar-refractivity contribution in [2.24, 2.45) is 0 Å². The number of carbonyl (C=O) groups is 1. The van der Waals surface area contributed by atoms with Crippen molar-refractivity contribution in [2.45, 2.75) is 51.1 Å². The Bertz CT molecular complexity index is 739. The number of H-pyrrole nitrogens is 1. The second-order valence-corrected chi connectivity index (χ2v) is 7.14. The number of carbonyl (C=O) groups excluding carboxylic acids is 1. The van der Waals surface area contributed by atoms with E-state index in [9.17, 15) is 4.79 Å². The summed E-state index contributed by atoms with van der Waals surface area (Å²) in [7, 11) is 2.18. The maximum absolute atomic E-state index is 12.2. The average Bonchev–Trinajstić information content (AvgIpc) is 3.09. The molecule has 0 saturated heterocycles. The molecule has 1 aromatic heterocycles. The number of para-hydroxylation sites is 1. The first-order valence-corrected chi connectivity index (χ1v) is 9.61. The van der Waals surface area contributed by atoms with Crippen LogP contribution in [0.1, 0.15) is 43.5 Å². The number of anilines is 2. The third-order valence-corrected chi connectivity index (χ3v) is 5.08. The summed E-state index contributed by atoms with van der Waals surface area (Å²) in [5.74, 6) is 0.868. The minimum Gasteiger partial charge on any atom is -0.367 e. The van der Waals surface area contributed by atoms with Gasteiger partial charge in [0, 0.05) is 31.2 Å². The standard InChI is InChI=1S/C19H29N7O/c1-26(15-8-3-2-4-9-15)13-14-7-5-6-10-16(14)22-19(27)21-12-11-17-23-18(20)25-24-17/h5-7,10,15H,2-4,8-9,11-13H2,1H3,(H2,21,22,27)(H3,20,23,24,25). The smallest absolute Gasteiger partial charge is 0.319 e. The Labute approximate surface area is 159 Å². The van der Waals surface area contributed by atoms with Gasteiger partial charge in [-0.25, -0.2) is 4.79 Å². The molecule has 1 fully saturated rings. The highest BCUT2D eigenvalue weighted by molar-refractivity contribution is 5.90. The van der Waals surface area contributed by atoms with Crippen molar-refractivity contribution >= 4 is 17.7 Å². The summed E-state index contributed by atoms with van der Waals surface area (Å²) in [6, 6.07) is 8.39. The molecule has 2 amide bonds. The number of nitrogen functional groups attached to an aromatic ring is 1. The van der Waals surface area contributed by atoms with Gasteiger partial charge in [-0.05, 0) is 31.5 Å². The van der Waals surface area contributed by atoms with Crippen molar-refractivity contribution in [1.82, 2.24) is 25.4 Å². The number of urea groups is 1. The van der Waals surface area contributed by atoms with Gasteiger partial charge in [-0.15, -0.1) is 5.10 Å². The van der Waals surface area contributed by atoms with Crippen molar-refractivity contribution in [3.8, 4) is 0 Å². The molecule has 0 atom stereocenters. The van der Waals surface area contributed by atoms with Gasteiger partial charge in [0.2, 0.25) is 5.95 Å². The lowest BCUT2D eigenvalue weighted by molar-refractivity contribution is 0.185. The molecule has 5 N–H and O–H groups in total. The number of hydrogen-bond donors (Lipinski definition) is 4. The van der Waals surface area contributed by atoms with E-state index in [0.717, 1.165) is 17.8 Å². The van der Waals surface area contributed by atoms with Crippen molar-refractivity contribution in [3.05, 3.63) is 35.7 Å². The summed E-state index contributed by atoms with van der Waals surface area (Å²) >= 11 is 0. The highest BCUT2D eigenvalue weighted by Gasteiger charge is 2.19. The van der Waals surface area contributed by atoms with E-state index in [1.807, 2.05) is 18.2 Å². The topological polar surface area (TPSA) is 112 Å². The van der Waals surface area contributed by atoms with Gasteiger partial charge in [0.15, 0.2) is 0 Å². The summed E-state index contributed by atoms with van der Waals surface area (Å²) in [5.41, 5.74) is 7.44. The fraction of sp³-hybridized carbons (Fsp3) is 0.526. The number of hydrogen-bond acceptors (Lipinski definition) is 5. The van der Waals surface area contributed by atoms with E-state index in [1.54, 1.807) is 0 Å². The molecule has 1 aliphatic rings. The predicted molar refractivity (Wildman–Crippen MR) is 106 cm³/mol. The molecule has 1 aromatic carbocycles. The summed E-state index contributed by atoms with van der Waals surface area (Å²) < 4.78 is 0. The first kappa shape index (κ1) is 19.2. The van der Waals surface area contributed by atoms with Crippen molar-refractivity contribution in [1.29, 1.82) is 0 Å². The van der Waals surface area contributed by atoms with Crippen LogP contribution < -0.4 is 16.4 Å². The number of aromatic nitrogens is 3. The molecule has 0 bridgehead atoms. The molecule has 0 unspecified atom stereocenters. The molecule has 1 saturated carbocycles. The first-order chi connectivity index (χ1) is 13.1. The minimum absolute atomic E-state index is 0.213. The van der Waals surface area contributed by atoms with Gasteiger partial charge in [0.1, 0.15) is 5.82 Å². The van der Waals surface area contributed by atoms with Crippen LogP contribution in [0, 0.1) is 0 Å². The second kappa shape index (κ2) is 9.36. The van der Waals surface area contributed by atoms with E-state index >= 15 is 0 Å². The van der Waals surface area contributed by atoms with Crippen LogP contribution in [0.3, 0.4) is 0 Å². The molecular formula is C19H29N7O. The van der Waals surface area contributed by atoms with Crippen LogP contribution in [0.15, 0.2) is 24.3 Å². The molecule has 0 radical (unpaired) electrons. The average molecular weight is 371 g/mol. The van der Waals surface area contributed by atoms with E-state index in [2.05, 4.69) is 43.8 Å². The lowest BCUT2D eigenvalue weighted by atomic mass is 9.94. The van der Waals surface area contributed by atoms with Crippen LogP contribution in [0.4, 0.5) is 16.4 Å². The summed E-state index contributed by atoms with van der Waals surface area (Å²) in [4.78, 5) is 18.7. The quantitative estimate of drug-likeness (QED) is 0.597. The normalized spacial score (nSPS) is 15.0. The van der Waals surface area contributed by atoms with E-state index in [4.69, 9.17) is 5.73 Å². The maximum Gasteiger partial charge on any atom is 0.319 e. The molecule has 1 aliphatic carbocycles. The molecule has 3 rings (SSSR count). The van der Waals surface area contributed by atoms with E-state index in [0.29, 0.717) is 24.8 Å². The molecule has 1 heterocycles. The summed E-state index contributed by atoms with van der Waals surface area (Å²) in [6.07, 6.45) is 7.05. The minimum atomic E-state index is -0.227. The van der Waals surface area contributed by atoms with Crippen LogP contribution in [-0.4, -0.2) is 45.7 Å². The highest BCUT2D eigenvalue weighted by Crippen LogP contribution is 2.24. The fourth-order valence-electron chi connectivity index (χ4n) is 3.58. The fourth-order valence-corrected chi connectivity index (χ4v) is 3.58. The zero-order valence-corrected chi connectivity index (χ0v) is 15.9. The Morgan fingerprint density at radius 1 is 1.30 bits per heavy atom. The molecule has 0 spiro atoms. The lowest BCUT2D eigenvalue weighted by Gasteiger charge is -2.31. The van der Waals surface area contributed by atoms with Gasteiger partial charge < -0.3 is 16.4 Å². The molecule has 2 aromatic rings. The largest absolute Gasteiger partial charge is 0.367 e. The molecule has 8 heteroatoms. The van der Waals surface area contributed by atoms with Gasteiger partial charge in [-0.1, -0.05) is 37.5 Å². The third-order valence-electron chi connectivity index (χ3n) is 5.08. The Kier molecular flexibility index (Phi) is 6.64. The number of aromatic amines is 1. The Morgan fingerprint density at radius 3 is 2.81 bits per heavy atom. The summed E-state index contributed by atoms with van der Waals surface area (Å²) in [6.45, 7) is 1.28. The predicted octanol–water partition coefficient (Wildman–Crippen LogP) is 2.52. The second-order valence-electron chi connectivity index (χ2n) is 7.14. The van der Waals surface area contributed by atoms with Crippen LogP contribution >= 0.6 is 0 Å². The van der Waals surface area contributed by atoms with Gasteiger partial charge in [0.05, 0.1) is 0 Å².